The molecule has 1 aromatic rings. The number of nitrogens with zero attached hydrogens (tertiary/aromatic N) is 2. The molecule has 3 heteroatoms. The van der Waals surface area contributed by atoms with Gasteiger partial charge in [0.2, 0.25) is 0 Å². The Balaban J connectivity index is 2.05. The van der Waals surface area contributed by atoms with Gasteiger partial charge in [-0.3, -0.25) is 4.90 Å². The summed E-state index contributed by atoms with van der Waals surface area (Å²) < 4.78 is 0. The monoisotopic (exact) mass is 261 g/mol. The lowest BCUT2D eigenvalue weighted by Crippen LogP contribution is -2.53. The van der Waals surface area contributed by atoms with Crippen LogP contribution < -0.4 is 10.2 Å². The number of hydrogen-bond acceptors (Lipinski definition) is 3. The normalized spacial score (nSPS) is 20.8. The first kappa shape index (κ1) is 14.4. The fourth-order valence-electron chi connectivity index (χ4n) is 3.09. The summed E-state index contributed by atoms with van der Waals surface area (Å²) >= 11 is 0. The molecular weight excluding hydrogens is 234 g/mol. The number of piperazine rings is 1. The highest BCUT2D eigenvalue weighted by atomic mass is 15.3. The van der Waals surface area contributed by atoms with Gasteiger partial charge in [0.25, 0.3) is 0 Å². The van der Waals surface area contributed by atoms with Gasteiger partial charge < -0.3 is 10.2 Å². The molecule has 1 heterocycles. The largest absolute Gasteiger partial charge is 0.368 e. The number of likely N-dealkylation sites (N-methyl/N-ethyl adjacent to an activating group) is 1. The summed E-state index contributed by atoms with van der Waals surface area (Å²) in [5.41, 5.74) is 4.24. The molecule has 2 rings (SSSR count). The zero-order valence-corrected chi connectivity index (χ0v) is 12.7. The van der Waals surface area contributed by atoms with Crippen LogP contribution in [-0.2, 0) is 0 Å². The predicted molar refractivity (Wildman–Crippen MR) is 83.1 cm³/mol. The van der Waals surface area contributed by atoms with Crippen molar-refractivity contribution in [1.82, 2.24) is 10.2 Å². The van der Waals surface area contributed by atoms with Crippen molar-refractivity contribution < 1.29 is 0 Å². The van der Waals surface area contributed by atoms with Crippen molar-refractivity contribution in [3.05, 3.63) is 29.3 Å². The summed E-state index contributed by atoms with van der Waals surface area (Å²) in [6.45, 7) is 12.5. The number of hydrogen-bond donors (Lipinski definition) is 1. The number of aryl methyl sites for hydroxylation is 2. The van der Waals surface area contributed by atoms with Crippen LogP contribution in [0.3, 0.4) is 0 Å². The number of nitrogens with one attached hydrogen (secondary N) is 1. The Bertz CT molecular complexity index is 396. The van der Waals surface area contributed by atoms with Crippen molar-refractivity contribution in [3.8, 4) is 0 Å². The molecule has 0 bridgehead atoms. The maximum Gasteiger partial charge on any atom is 0.0426 e. The Morgan fingerprint density at radius 3 is 2.47 bits per heavy atom. The average Bonchev–Trinajstić information content (AvgIpc) is 2.37. The van der Waals surface area contributed by atoms with Crippen LogP contribution in [0.15, 0.2) is 18.2 Å². The molecular formula is C16H27N3. The number of para-hydroxylation sites is 1. The van der Waals surface area contributed by atoms with Gasteiger partial charge in [0.1, 0.15) is 0 Å². The Morgan fingerprint density at radius 1 is 1.21 bits per heavy atom. The fourth-order valence-corrected chi connectivity index (χ4v) is 3.09. The van der Waals surface area contributed by atoms with Crippen LogP contribution in [0, 0.1) is 13.8 Å². The van der Waals surface area contributed by atoms with E-state index in [1.54, 1.807) is 0 Å². The first-order valence-electron chi connectivity index (χ1n) is 7.33. The van der Waals surface area contributed by atoms with Crippen LogP contribution in [-0.4, -0.2) is 50.7 Å². The van der Waals surface area contributed by atoms with Gasteiger partial charge in [-0.25, -0.2) is 0 Å². The second kappa shape index (κ2) is 6.40. The molecule has 3 nitrogen and oxygen atoms in total. The quantitative estimate of drug-likeness (QED) is 0.895. The highest BCUT2D eigenvalue weighted by Crippen LogP contribution is 2.26. The van der Waals surface area contributed by atoms with Crippen molar-refractivity contribution in [2.24, 2.45) is 0 Å². The first-order chi connectivity index (χ1) is 9.13. The second-order valence-electron chi connectivity index (χ2n) is 5.67. The summed E-state index contributed by atoms with van der Waals surface area (Å²) in [5.74, 6) is 0. The zero-order chi connectivity index (χ0) is 13.8. The zero-order valence-electron chi connectivity index (χ0n) is 12.7. The Morgan fingerprint density at radius 2 is 1.89 bits per heavy atom. The van der Waals surface area contributed by atoms with E-state index in [0.29, 0.717) is 6.04 Å². The van der Waals surface area contributed by atoms with Crippen molar-refractivity contribution in [1.29, 1.82) is 0 Å². The molecule has 19 heavy (non-hydrogen) atoms. The number of anilines is 1. The molecule has 1 N–H and O–H groups in total. The second-order valence-corrected chi connectivity index (χ2v) is 5.67. The maximum absolute atomic E-state index is 3.24. The molecule has 106 valence electrons. The van der Waals surface area contributed by atoms with E-state index in [9.17, 15) is 0 Å². The molecule has 0 radical (unpaired) electrons. The Hall–Kier alpha value is -1.06. The summed E-state index contributed by atoms with van der Waals surface area (Å²) in [5, 5.41) is 3.24. The van der Waals surface area contributed by atoms with E-state index >= 15 is 0 Å². The third-order valence-corrected chi connectivity index (χ3v) is 4.17. The predicted octanol–water partition coefficient (Wildman–Crippen LogP) is 2.03. The van der Waals surface area contributed by atoms with E-state index < -0.39 is 0 Å². The molecule has 1 atom stereocenters. The summed E-state index contributed by atoms with van der Waals surface area (Å²) in [6, 6.07) is 7.22. The SMILES string of the molecule is CNCCN1CCN(c2c(C)cccc2C)CC1C. The van der Waals surface area contributed by atoms with Gasteiger partial charge in [0.05, 0.1) is 0 Å². The Labute approximate surface area is 117 Å². The highest BCUT2D eigenvalue weighted by molar-refractivity contribution is 5.59. The first-order valence-corrected chi connectivity index (χ1v) is 7.33. The minimum atomic E-state index is 0.626. The van der Waals surface area contributed by atoms with E-state index in [1.165, 1.54) is 16.8 Å². The van der Waals surface area contributed by atoms with E-state index in [1.807, 2.05) is 7.05 Å². The standard InChI is InChI=1S/C16H27N3/c1-13-6-5-7-14(2)16(13)19-11-10-18(9-8-17-4)15(3)12-19/h5-7,15,17H,8-12H2,1-4H3. The van der Waals surface area contributed by atoms with E-state index in [-0.39, 0.29) is 0 Å². The minimum absolute atomic E-state index is 0.626. The summed E-state index contributed by atoms with van der Waals surface area (Å²) in [7, 11) is 2.03. The van der Waals surface area contributed by atoms with Crippen molar-refractivity contribution >= 4 is 5.69 Å². The van der Waals surface area contributed by atoms with Crippen LogP contribution >= 0.6 is 0 Å². The van der Waals surface area contributed by atoms with Crippen LogP contribution in [0.25, 0.3) is 0 Å². The summed E-state index contributed by atoms with van der Waals surface area (Å²) in [4.78, 5) is 5.14. The third kappa shape index (κ3) is 3.28. The third-order valence-electron chi connectivity index (χ3n) is 4.17. The highest BCUT2D eigenvalue weighted by Gasteiger charge is 2.24. The maximum atomic E-state index is 3.24. The molecule has 0 aromatic heterocycles. The van der Waals surface area contributed by atoms with E-state index in [2.05, 4.69) is 54.1 Å². The lowest BCUT2D eigenvalue weighted by Gasteiger charge is -2.42. The van der Waals surface area contributed by atoms with Gasteiger partial charge in [-0.05, 0) is 38.9 Å². The molecule has 0 spiro atoms. The number of rotatable bonds is 4. The smallest absolute Gasteiger partial charge is 0.0426 e. The van der Waals surface area contributed by atoms with Crippen molar-refractivity contribution in [2.45, 2.75) is 26.8 Å². The fraction of sp³-hybridized carbons (Fsp3) is 0.625. The van der Waals surface area contributed by atoms with E-state index in [0.717, 1.165) is 32.7 Å². The molecule has 1 aliphatic rings. The van der Waals surface area contributed by atoms with Gasteiger partial charge in [-0.1, -0.05) is 18.2 Å². The minimum Gasteiger partial charge on any atom is -0.368 e. The van der Waals surface area contributed by atoms with E-state index in [4.69, 9.17) is 0 Å². The van der Waals surface area contributed by atoms with Crippen molar-refractivity contribution in [2.75, 3.05) is 44.7 Å². The lowest BCUT2D eigenvalue weighted by molar-refractivity contribution is 0.191. The van der Waals surface area contributed by atoms with Crippen LogP contribution in [0.1, 0.15) is 18.1 Å². The molecule has 1 aliphatic heterocycles. The van der Waals surface area contributed by atoms with Gasteiger partial charge in [-0.2, -0.15) is 0 Å². The van der Waals surface area contributed by atoms with Crippen molar-refractivity contribution in [3.63, 3.8) is 0 Å². The molecule has 1 fully saturated rings. The Kier molecular flexibility index (Phi) is 4.83. The topological polar surface area (TPSA) is 18.5 Å². The average molecular weight is 261 g/mol. The van der Waals surface area contributed by atoms with Gasteiger partial charge in [-0.15, -0.1) is 0 Å². The molecule has 1 saturated heterocycles. The van der Waals surface area contributed by atoms with Gasteiger partial charge in [0.15, 0.2) is 0 Å². The molecule has 0 amide bonds. The van der Waals surface area contributed by atoms with Crippen LogP contribution in [0.5, 0.6) is 0 Å². The van der Waals surface area contributed by atoms with Crippen LogP contribution in [0.2, 0.25) is 0 Å². The van der Waals surface area contributed by atoms with Gasteiger partial charge in [0, 0.05) is 44.5 Å². The number of benzene rings is 1. The lowest BCUT2D eigenvalue weighted by atomic mass is 10.1. The van der Waals surface area contributed by atoms with Crippen LogP contribution in [0.4, 0.5) is 5.69 Å². The molecule has 0 saturated carbocycles. The molecule has 0 aliphatic carbocycles. The molecule has 1 unspecified atom stereocenters. The summed E-state index contributed by atoms with van der Waals surface area (Å²) in [6.07, 6.45) is 0. The van der Waals surface area contributed by atoms with Gasteiger partial charge >= 0.3 is 0 Å². The molecule has 1 aromatic carbocycles.